The number of hydrogen-bond donors (Lipinski definition) is 1. The fraction of sp³-hybridized carbons (Fsp3) is 0.545. The van der Waals surface area contributed by atoms with Gasteiger partial charge in [0.2, 0.25) is 0 Å². The molecule has 1 atom stereocenters. The van der Waals surface area contributed by atoms with E-state index in [9.17, 15) is 5.11 Å². The molecule has 1 aromatic heterocycles. The van der Waals surface area contributed by atoms with Gasteiger partial charge >= 0.3 is 0 Å². The molecule has 14 heavy (non-hydrogen) atoms. The van der Waals surface area contributed by atoms with E-state index in [4.69, 9.17) is 11.6 Å². The van der Waals surface area contributed by atoms with E-state index in [2.05, 4.69) is 18.8 Å². The van der Waals surface area contributed by atoms with Crippen molar-refractivity contribution in [3.63, 3.8) is 0 Å². The topological polar surface area (TPSA) is 33.1 Å². The number of aromatic nitrogens is 1. The Kier molecular flexibility index (Phi) is 4.36. The van der Waals surface area contributed by atoms with E-state index < -0.39 is 0 Å². The molecular formula is C11H16ClNO. The maximum Gasteiger partial charge on any atom is 0.0598 e. The lowest BCUT2D eigenvalue weighted by atomic mass is 10.0. The average molecular weight is 214 g/mol. The number of aliphatic hydroxyl groups excluding tert-OH is 1. The summed E-state index contributed by atoms with van der Waals surface area (Å²) in [6.45, 7) is 4.19. The lowest BCUT2D eigenvalue weighted by Gasteiger charge is -2.12. The van der Waals surface area contributed by atoms with Crippen molar-refractivity contribution in [1.29, 1.82) is 0 Å². The Labute approximate surface area is 89.9 Å². The molecule has 0 aliphatic rings. The quantitative estimate of drug-likeness (QED) is 0.835. The van der Waals surface area contributed by atoms with Gasteiger partial charge in [0, 0.05) is 18.3 Å². The first-order chi connectivity index (χ1) is 6.58. The summed E-state index contributed by atoms with van der Waals surface area (Å²) in [5.41, 5.74) is 0.891. The Balaban J connectivity index is 2.47. The van der Waals surface area contributed by atoms with Crippen LogP contribution in [0.5, 0.6) is 0 Å². The van der Waals surface area contributed by atoms with Crippen LogP contribution in [0, 0.1) is 5.92 Å². The van der Waals surface area contributed by atoms with E-state index in [-0.39, 0.29) is 6.10 Å². The minimum Gasteiger partial charge on any atom is -0.393 e. The first-order valence-corrected chi connectivity index (χ1v) is 5.24. The van der Waals surface area contributed by atoms with Gasteiger partial charge in [-0.2, -0.15) is 0 Å². The van der Waals surface area contributed by atoms with E-state index in [1.807, 2.05) is 6.07 Å². The summed E-state index contributed by atoms with van der Waals surface area (Å²) in [6, 6.07) is 3.65. The largest absolute Gasteiger partial charge is 0.393 e. The molecule has 1 N–H and O–H groups in total. The van der Waals surface area contributed by atoms with Gasteiger partial charge in [0.15, 0.2) is 0 Å². The van der Waals surface area contributed by atoms with Crippen LogP contribution in [0.1, 0.15) is 26.0 Å². The molecule has 1 heterocycles. The Morgan fingerprint density at radius 1 is 1.43 bits per heavy atom. The number of rotatable bonds is 4. The molecule has 0 amide bonds. The Bertz CT molecular complexity index is 271. The molecule has 1 aromatic rings. The zero-order valence-electron chi connectivity index (χ0n) is 8.57. The first-order valence-electron chi connectivity index (χ1n) is 4.86. The highest BCUT2D eigenvalue weighted by molar-refractivity contribution is 6.30. The lowest BCUT2D eigenvalue weighted by molar-refractivity contribution is 0.148. The summed E-state index contributed by atoms with van der Waals surface area (Å²) in [7, 11) is 0. The number of nitrogens with zero attached hydrogens (tertiary/aromatic N) is 1. The summed E-state index contributed by atoms with van der Waals surface area (Å²) in [6.07, 6.45) is 2.72. The van der Waals surface area contributed by atoms with Crippen LogP contribution in [0.15, 0.2) is 18.3 Å². The lowest BCUT2D eigenvalue weighted by Crippen LogP contribution is -2.14. The van der Waals surface area contributed by atoms with E-state index in [0.717, 1.165) is 12.1 Å². The fourth-order valence-electron chi connectivity index (χ4n) is 1.40. The van der Waals surface area contributed by atoms with Gasteiger partial charge in [0.1, 0.15) is 0 Å². The molecule has 1 rings (SSSR count). The fourth-order valence-corrected chi connectivity index (χ4v) is 1.51. The molecule has 0 saturated heterocycles. The molecule has 0 fully saturated rings. The van der Waals surface area contributed by atoms with E-state index in [1.54, 1.807) is 12.3 Å². The summed E-state index contributed by atoms with van der Waals surface area (Å²) in [5.74, 6) is 0.511. The molecule has 3 heteroatoms. The molecule has 0 aromatic carbocycles. The van der Waals surface area contributed by atoms with Gasteiger partial charge in [0.05, 0.1) is 11.1 Å². The standard InChI is InChI=1S/C11H16ClNO/c1-8(2)5-11(14)6-10-4-3-9(12)7-13-10/h3-4,7-8,11,14H,5-6H2,1-2H3. The molecule has 2 nitrogen and oxygen atoms in total. The summed E-state index contributed by atoms with van der Waals surface area (Å²) >= 11 is 5.71. The van der Waals surface area contributed by atoms with Crippen molar-refractivity contribution in [3.05, 3.63) is 29.0 Å². The maximum absolute atomic E-state index is 9.67. The highest BCUT2D eigenvalue weighted by Gasteiger charge is 2.08. The predicted molar refractivity (Wildman–Crippen MR) is 58.4 cm³/mol. The smallest absolute Gasteiger partial charge is 0.0598 e. The molecule has 78 valence electrons. The summed E-state index contributed by atoms with van der Waals surface area (Å²) in [4.78, 5) is 4.13. The Morgan fingerprint density at radius 3 is 2.64 bits per heavy atom. The van der Waals surface area contributed by atoms with E-state index >= 15 is 0 Å². The van der Waals surface area contributed by atoms with Gasteiger partial charge < -0.3 is 5.11 Å². The van der Waals surface area contributed by atoms with Crippen LogP contribution in [-0.4, -0.2) is 16.2 Å². The predicted octanol–water partition coefficient (Wildman–Crippen LogP) is 2.68. The number of halogens is 1. The van der Waals surface area contributed by atoms with Crippen molar-refractivity contribution in [2.45, 2.75) is 32.8 Å². The minimum absolute atomic E-state index is 0.302. The third kappa shape index (κ3) is 4.07. The molecular weight excluding hydrogens is 198 g/mol. The van der Waals surface area contributed by atoms with Gasteiger partial charge in [-0.05, 0) is 24.5 Å². The molecule has 0 aliphatic carbocycles. The van der Waals surface area contributed by atoms with Gasteiger partial charge in [-0.1, -0.05) is 25.4 Å². The van der Waals surface area contributed by atoms with Crippen LogP contribution in [0.3, 0.4) is 0 Å². The summed E-state index contributed by atoms with van der Waals surface area (Å²) in [5, 5.41) is 10.3. The maximum atomic E-state index is 9.67. The molecule has 0 radical (unpaired) electrons. The van der Waals surface area contributed by atoms with E-state index in [1.165, 1.54) is 0 Å². The number of pyridine rings is 1. The van der Waals surface area contributed by atoms with Gasteiger partial charge in [-0.25, -0.2) is 0 Å². The number of aliphatic hydroxyl groups is 1. The van der Waals surface area contributed by atoms with Crippen molar-refractivity contribution in [2.75, 3.05) is 0 Å². The first kappa shape index (κ1) is 11.5. The van der Waals surface area contributed by atoms with Crippen LogP contribution in [-0.2, 0) is 6.42 Å². The molecule has 0 saturated carbocycles. The Hall–Kier alpha value is -0.600. The second-order valence-electron chi connectivity index (χ2n) is 3.96. The molecule has 0 bridgehead atoms. The van der Waals surface area contributed by atoms with Crippen molar-refractivity contribution >= 4 is 11.6 Å². The van der Waals surface area contributed by atoms with Crippen molar-refractivity contribution < 1.29 is 5.11 Å². The molecule has 0 aliphatic heterocycles. The average Bonchev–Trinajstić information content (AvgIpc) is 2.07. The summed E-state index contributed by atoms with van der Waals surface area (Å²) < 4.78 is 0. The third-order valence-electron chi connectivity index (χ3n) is 1.98. The third-order valence-corrected chi connectivity index (χ3v) is 2.20. The number of hydrogen-bond acceptors (Lipinski definition) is 2. The van der Waals surface area contributed by atoms with Crippen LogP contribution in [0.2, 0.25) is 5.02 Å². The van der Waals surface area contributed by atoms with Crippen LogP contribution < -0.4 is 0 Å². The molecule has 0 spiro atoms. The van der Waals surface area contributed by atoms with Crippen molar-refractivity contribution in [2.24, 2.45) is 5.92 Å². The van der Waals surface area contributed by atoms with Gasteiger partial charge in [-0.15, -0.1) is 0 Å². The highest BCUT2D eigenvalue weighted by atomic mass is 35.5. The zero-order chi connectivity index (χ0) is 10.6. The van der Waals surface area contributed by atoms with Gasteiger partial charge in [0.25, 0.3) is 0 Å². The minimum atomic E-state index is -0.302. The normalized spacial score (nSPS) is 13.2. The second-order valence-corrected chi connectivity index (χ2v) is 4.39. The van der Waals surface area contributed by atoms with Gasteiger partial charge in [-0.3, -0.25) is 4.98 Å². The van der Waals surface area contributed by atoms with Crippen LogP contribution in [0.25, 0.3) is 0 Å². The van der Waals surface area contributed by atoms with Crippen molar-refractivity contribution in [3.8, 4) is 0 Å². The monoisotopic (exact) mass is 213 g/mol. The van der Waals surface area contributed by atoms with E-state index in [0.29, 0.717) is 17.4 Å². The highest BCUT2D eigenvalue weighted by Crippen LogP contribution is 2.11. The van der Waals surface area contributed by atoms with Crippen LogP contribution in [0.4, 0.5) is 0 Å². The van der Waals surface area contributed by atoms with Crippen LogP contribution >= 0.6 is 11.6 Å². The molecule has 1 unspecified atom stereocenters. The Morgan fingerprint density at radius 2 is 2.14 bits per heavy atom. The SMILES string of the molecule is CC(C)CC(O)Cc1ccc(Cl)cn1. The van der Waals surface area contributed by atoms with Crippen molar-refractivity contribution in [1.82, 2.24) is 4.98 Å². The zero-order valence-corrected chi connectivity index (χ0v) is 9.33. The second kappa shape index (κ2) is 5.32.